The Morgan fingerprint density at radius 1 is 1.20 bits per heavy atom. The Morgan fingerprint density at radius 3 is 2.70 bits per heavy atom. The zero-order valence-corrected chi connectivity index (χ0v) is 16.6. The first-order chi connectivity index (χ1) is 14.6. The van der Waals surface area contributed by atoms with Crippen molar-refractivity contribution >= 4 is 23.4 Å². The molecule has 0 saturated carbocycles. The lowest BCUT2D eigenvalue weighted by molar-refractivity contribution is -0.120. The number of para-hydroxylation sites is 1. The van der Waals surface area contributed by atoms with E-state index in [-0.39, 0.29) is 12.5 Å². The van der Waals surface area contributed by atoms with E-state index in [1.807, 2.05) is 23.1 Å². The Bertz CT molecular complexity index is 955. The highest BCUT2D eigenvalue weighted by Crippen LogP contribution is 2.30. The van der Waals surface area contributed by atoms with Gasteiger partial charge >= 0.3 is 5.97 Å². The number of aromatic nitrogens is 1. The van der Waals surface area contributed by atoms with Crippen molar-refractivity contribution in [3.8, 4) is 0 Å². The lowest BCUT2D eigenvalue weighted by Crippen LogP contribution is -2.46. The van der Waals surface area contributed by atoms with E-state index in [0.29, 0.717) is 43.0 Å². The summed E-state index contributed by atoms with van der Waals surface area (Å²) in [6.07, 6.45) is 3.02. The number of carbonyl (C=O) groups is 2. The third kappa shape index (κ3) is 4.32. The van der Waals surface area contributed by atoms with Gasteiger partial charge in [0.15, 0.2) is 11.6 Å². The van der Waals surface area contributed by atoms with E-state index in [9.17, 15) is 9.59 Å². The number of rotatable bonds is 5. The number of nitrogens with zero attached hydrogens (tertiary/aromatic N) is 3. The van der Waals surface area contributed by atoms with Crippen LogP contribution in [-0.4, -0.2) is 60.1 Å². The summed E-state index contributed by atoms with van der Waals surface area (Å²) < 4.78 is 4.77. The molecule has 0 atom stereocenters. The van der Waals surface area contributed by atoms with Gasteiger partial charge in [-0.1, -0.05) is 18.2 Å². The largest absolute Gasteiger partial charge is 0.465 e. The number of pyridine rings is 1. The predicted molar refractivity (Wildman–Crippen MR) is 110 cm³/mol. The first kappa shape index (κ1) is 20.0. The number of piperidine rings is 1. The predicted octanol–water partition coefficient (Wildman–Crippen LogP) is 1.58. The molecule has 0 bridgehead atoms. The van der Waals surface area contributed by atoms with Crippen LogP contribution in [0.2, 0.25) is 0 Å². The number of anilines is 1. The van der Waals surface area contributed by atoms with Crippen LogP contribution in [-0.2, 0) is 14.4 Å². The van der Waals surface area contributed by atoms with Crippen LogP contribution in [0.5, 0.6) is 0 Å². The lowest BCUT2D eigenvalue weighted by atomic mass is 10.0. The molecular weight excluding hydrogens is 386 g/mol. The van der Waals surface area contributed by atoms with Crippen LogP contribution in [0.3, 0.4) is 0 Å². The highest BCUT2D eigenvalue weighted by molar-refractivity contribution is 6.01. The van der Waals surface area contributed by atoms with Gasteiger partial charge in [-0.2, -0.15) is 0 Å². The van der Waals surface area contributed by atoms with Gasteiger partial charge in [0.1, 0.15) is 5.69 Å². The number of amidine groups is 1. The highest BCUT2D eigenvalue weighted by Gasteiger charge is 2.40. The quantitative estimate of drug-likeness (QED) is 0.723. The van der Waals surface area contributed by atoms with Gasteiger partial charge in [-0.05, 0) is 24.3 Å². The minimum atomic E-state index is -0.628. The summed E-state index contributed by atoms with van der Waals surface area (Å²) in [5, 5.41) is 2.80. The van der Waals surface area contributed by atoms with Gasteiger partial charge in [0, 0.05) is 32.1 Å². The van der Waals surface area contributed by atoms with E-state index in [2.05, 4.69) is 15.8 Å². The van der Waals surface area contributed by atoms with Gasteiger partial charge in [-0.25, -0.2) is 20.1 Å². The number of ether oxygens (including phenoxy) is 1. The normalized spacial score (nSPS) is 17.8. The molecule has 0 radical (unpaired) electrons. The Balaban J connectivity index is 1.33. The Hall–Kier alpha value is -3.30. The maximum absolute atomic E-state index is 12.5. The summed E-state index contributed by atoms with van der Waals surface area (Å²) >= 11 is 0. The second kappa shape index (κ2) is 8.60. The summed E-state index contributed by atoms with van der Waals surface area (Å²) in [5.41, 5.74) is 3.77. The first-order valence-corrected chi connectivity index (χ1v) is 9.73. The van der Waals surface area contributed by atoms with E-state index in [4.69, 9.17) is 14.6 Å². The Labute approximate surface area is 174 Å². The standard InChI is InChI=1S/C21H23N5O4/c1-29-20(28)15-6-2-3-7-16(15)23-18(27)14-26-12-9-21(10-13-26)24-19(25-30-21)17-8-4-5-11-22-17/h2-8,11H,9-10,12-14H2,1H3,(H,23,27)(H,24,25). The number of likely N-dealkylation sites (tertiary alicyclic amines) is 1. The molecule has 1 saturated heterocycles. The van der Waals surface area contributed by atoms with Gasteiger partial charge in [0.25, 0.3) is 0 Å². The van der Waals surface area contributed by atoms with E-state index >= 15 is 0 Å². The smallest absolute Gasteiger partial charge is 0.339 e. The number of hydrogen-bond donors (Lipinski definition) is 2. The number of methoxy groups -OCH3 is 1. The van der Waals surface area contributed by atoms with Gasteiger partial charge in [-0.3, -0.25) is 14.7 Å². The molecule has 1 amide bonds. The Kier molecular flexibility index (Phi) is 5.73. The molecule has 156 valence electrons. The van der Waals surface area contributed by atoms with Crippen molar-refractivity contribution in [1.29, 1.82) is 0 Å². The van der Waals surface area contributed by atoms with Crippen molar-refractivity contribution in [2.45, 2.75) is 18.6 Å². The Morgan fingerprint density at radius 2 is 1.97 bits per heavy atom. The molecular formula is C21H23N5O4. The summed E-state index contributed by atoms with van der Waals surface area (Å²) in [6.45, 7) is 1.54. The first-order valence-electron chi connectivity index (χ1n) is 9.73. The molecule has 9 heteroatoms. The minimum Gasteiger partial charge on any atom is -0.465 e. The van der Waals surface area contributed by atoms with Gasteiger partial charge < -0.3 is 10.1 Å². The van der Waals surface area contributed by atoms with Crippen molar-refractivity contribution in [3.63, 3.8) is 0 Å². The summed E-state index contributed by atoms with van der Waals surface area (Å²) in [6, 6.07) is 12.4. The molecule has 2 aromatic rings. The molecule has 30 heavy (non-hydrogen) atoms. The number of benzene rings is 1. The van der Waals surface area contributed by atoms with E-state index in [1.54, 1.807) is 30.5 Å². The lowest BCUT2D eigenvalue weighted by Gasteiger charge is -2.35. The number of amides is 1. The topological polar surface area (TPSA) is 105 Å². The molecule has 3 heterocycles. The summed E-state index contributed by atoms with van der Waals surface area (Å²) in [7, 11) is 1.31. The number of hydrogen-bond acceptors (Lipinski definition) is 8. The summed E-state index contributed by atoms with van der Waals surface area (Å²) in [4.78, 5) is 41.2. The fourth-order valence-corrected chi connectivity index (χ4v) is 3.55. The van der Waals surface area contributed by atoms with Crippen molar-refractivity contribution in [3.05, 3.63) is 59.9 Å². The monoisotopic (exact) mass is 409 g/mol. The molecule has 4 rings (SSSR count). The van der Waals surface area contributed by atoms with Gasteiger partial charge in [-0.15, -0.1) is 0 Å². The number of aliphatic imine (C=N–C) groups is 1. The van der Waals surface area contributed by atoms with E-state index in [1.165, 1.54) is 7.11 Å². The van der Waals surface area contributed by atoms with Gasteiger partial charge in [0.05, 0.1) is 24.9 Å². The van der Waals surface area contributed by atoms with Crippen molar-refractivity contribution < 1.29 is 19.2 Å². The average Bonchev–Trinajstić information content (AvgIpc) is 3.20. The molecule has 1 aromatic heterocycles. The SMILES string of the molecule is COC(=O)c1ccccc1NC(=O)CN1CCC2(CC1)N=C(c1ccccn1)NO2. The zero-order chi connectivity index (χ0) is 21.0. The third-order valence-electron chi connectivity index (χ3n) is 5.17. The molecule has 2 aliphatic heterocycles. The van der Waals surface area contributed by atoms with E-state index in [0.717, 1.165) is 5.69 Å². The number of hydroxylamine groups is 1. The maximum atomic E-state index is 12.5. The average molecular weight is 409 g/mol. The maximum Gasteiger partial charge on any atom is 0.339 e. The zero-order valence-electron chi connectivity index (χ0n) is 16.6. The summed E-state index contributed by atoms with van der Waals surface area (Å²) in [5.74, 6) is -0.0510. The fraction of sp³-hybridized carbons (Fsp3) is 0.333. The number of carbonyl (C=O) groups excluding carboxylic acids is 2. The van der Waals surface area contributed by atoms with Crippen molar-refractivity contribution in [2.24, 2.45) is 4.99 Å². The molecule has 1 fully saturated rings. The van der Waals surface area contributed by atoms with Crippen LogP contribution < -0.4 is 10.8 Å². The molecule has 2 aliphatic rings. The van der Waals surface area contributed by atoms with Crippen LogP contribution in [0.4, 0.5) is 5.69 Å². The van der Waals surface area contributed by atoms with Crippen molar-refractivity contribution in [2.75, 3.05) is 32.1 Å². The second-order valence-corrected chi connectivity index (χ2v) is 7.19. The van der Waals surface area contributed by atoms with Crippen LogP contribution in [0, 0.1) is 0 Å². The van der Waals surface area contributed by atoms with Crippen LogP contribution in [0.15, 0.2) is 53.7 Å². The minimum absolute atomic E-state index is 0.189. The molecule has 9 nitrogen and oxygen atoms in total. The molecule has 0 unspecified atom stereocenters. The highest BCUT2D eigenvalue weighted by atomic mass is 16.7. The van der Waals surface area contributed by atoms with Gasteiger partial charge in [0.2, 0.25) is 5.91 Å². The molecule has 1 aromatic carbocycles. The van der Waals surface area contributed by atoms with Crippen LogP contribution >= 0.6 is 0 Å². The second-order valence-electron chi connectivity index (χ2n) is 7.19. The third-order valence-corrected chi connectivity index (χ3v) is 5.17. The fourth-order valence-electron chi connectivity index (χ4n) is 3.55. The van der Waals surface area contributed by atoms with Crippen LogP contribution in [0.25, 0.3) is 0 Å². The van der Waals surface area contributed by atoms with Crippen molar-refractivity contribution in [1.82, 2.24) is 15.4 Å². The van der Waals surface area contributed by atoms with Crippen LogP contribution in [0.1, 0.15) is 28.9 Å². The number of esters is 1. The number of nitrogens with one attached hydrogen (secondary N) is 2. The van der Waals surface area contributed by atoms with E-state index < -0.39 is 11.7 Å². The molecule has 2 N–H and O–H groups in total. The molecule has 0 aliphatic carbocycles. The molecule has 1 spiro atoms.